The van der Waals surface area contributed by atoms with Crippen LogP contribution in [0.4, 0.5) is 11.4 Å². The predicted octanol–water partition coefficient (Wildman–Crippen LogP) is 2.88. The number of halogens is 1. The first-order chi connectivity index (χ1) is 14.3. The molecule has 0 unspecified atom stereocenters. The fourth-order valence-electron chi connectivity index (χ4n) is 4.10. The maximum Gasteiger partial charge on any atom is 0.245 e. The van der Waals surface area contributed by atoms with E-state index < -0.39 is 10.0 Å². The van der Waals surface area contributed by atoms with Gasteiger partial charge in [-0.15, -0.1) is 0 Å². The number of rotatable bonds is 4. The van der Waals surface area contributed by atoms with E-state index in [9.17, 15) is 13.2 Å². The van der Waals surface area contributed by atoms with Crippen LogP contribution in [-0.2, 0) is 21.2 Å². The Labute approximate surface area is 185 Å². The van der Waals surface area contributed by atoms with E-state index in [0.717, 1.165) is 17.0 Å². The molecule has 30 heavy (non-hydrogen) atoms. The Balaban J connectivity index is 1.58. The number of hydrogen-bond donors (Lipinski definition) is 0. The van der Waals surface area contributed by atoms with Crippen LogP contribution in [0.1, 0.15) is 12.5 Å². The fraction of sp³-hybridized carbons (Fsp3) is 0.381. The van der Waals surface area contributed by atoms with Crippen LogP contribution in [0.25, 0.3) is 0 Å². The number of nitrogens with zero attached hydrogens (tertiary/aromatic N) is 3. The quantitative estimate of drug-likeness (QED) is 0.654. The largest absolute Gasteiger partial charge is 0.497 e. The Bertz CT molecular complexity index is 1060. The fourth-order valence-corrected chi connectivity index (χ4v) is 6.44. The molecule has 160 valence electrons. The molecule has 2 heterocycles. The maximum absolute atomic E-state index is 13.5. The van der Waals surface area contributed by atoms with Crippen LogP contribution < -0.4 is 14.5 Å². The summed E-state index contributed by atoms with van der Waals surface area (Å²) in [6.45, 7) is 3.94. The number of carbonyl (C=O) groups is 1. The van der Waals surface area contributed by atoms with E-state index in [2.05, 4.69) is 20.8 Å². The summed E-state index contributed by atoms with van der Waals surface area (Å²) in [5, 5.41) is 0. The molecule has 4 rings (SSSR count). The van der Waals surface area contributed by atoms with Gasteiger partial charge in [0.05, 0.1) is 12.8 Å². The second-order valence-electron chi connectivity index (χ2n) is 7.42. The number of carbonyl (C=O) groups excluding carboxylic acids is 1. The first-order valence-corrected chi connectivity index (χ1v) is 12.0. The lowest BCUT2D eigenvalue weighted by atomic mass is 10.2. The summed E-state index contributed by atoms with van der Waals surface area (Å²) in [4.78, 5) is 16.0. The molecule has 2 aliphatic rings. The first-order valence-electron chi connectivity index (χ1n) is 9.81. The Kier molecular flexibility index (Phi) is 5.78. The molecule has 0 N–H and O–H groups in total. The van der Waals surface area contributed by atoms with Crippen molar-refractivity contribution in [1.82, 2.24) is 4.31 Å². The third-order valence-electron chi connectivity index (χ3n) is 5.67. The SMILES string of the molecule is COc1ccc(N2CCN(S(=O)(=O)c3cc(Br)cc4c3N(C(C)=O)CC4)CC2)cc1. The predicted molar refractivity (Wildman–Crippen MR) is 120 cm³/mol. The lowest BCUT2D eigenvalue weighted by Crippen LogP contribution is -2.48. The summed E-state index contributed by atoms with van der Waals surface area (Å²) in [5.41, 5.74) is 2.46. The summed E-state index contributed by atoms with van der Waals surface area (Å²) in [6.07, 6.45) is 0.655. The van der Waals surface area contributed by atoms with Crippen LogP contribution in [0.2, 0.25) is 0 Å². The van der Waals surface area contributed by atoms with Gasteiger partial charge < -0.3 is 14.5 Å². The molecule has 2 aromatic carbocycles. The molecule has 9 heteroatoms. The van der Waals surface area contributed by atoms with Gasteiger partial charge in [0.2, 0.25) is 15.9 Å². The lowest BCUT2D eigenvalue weighted by molar-refractivity contribution is -0.116. The highest BCUT2D eigenvalue weighted by Gasteiger charge is 2.35. The minimum absolute atomic E-state index is 0.142. The van der Waals surface area contributed by atoms with Gasteiger partial charge in [-0.1, -0.05) is 15.9 Å². The van der Waals surface area contributed by atoms with Gasteiger partial charge in [0.1, 0.15) is 10.6 Å². The lowest BCUT2D eigenvalue weighted by Gasteiger charge is -2.36. The van der Waals surface area contributed by atoms with E-state index in [-0.39, 0.29) is 10.8 Å². The molecular formula is C21H24BrN3O4S. The summed E-state index contributed by atoms with van der Waals surface area (Å²) >= 11 is 3.44. The van der Waals surface area contributed by atoms with Crippen molar-refractivity contribution in [1.29, 1.82) is 0 Å². The first kappa shape index (κ1) is 21.1. The van der Waals surface area contributed by atoms with Gasteiger partial charge in [-0.3, -0.25) is 4.79 Å². The molecule has 0 bridgehead atoms. The van der Waals surface area contributed by atoms with Crippen molar-refractivity contribution in [2.75, 3.05) is 49.6 Å². The number of benzene rings is 2. The molecule has 0 aliphatic carbocycles. The van der Waals surface area contributed by atoms with Crippen molar-refractivity contribution in [3.8, 4) is 5.75 Å². The molecule has 2 aliphatic heterocycles. The van der Waals surface area contributed by atoms with Crippen molar-refractivity contribution in [2.24, 2.45) is 0 Å². The highest BCUT2D eigenvalue weighted by molar-refractivity contribution is 9.10. The number of anilines is 2. The van der Waals surface area contributed by atoms with Crippen molar-refractivity contribution in [3.05, 3.63) is 46.4 Å². The van der Waals surface area contributed by atoms with E-state index in [1.807, 2.05) is 30.3 Å². The van der Waals surface area contributed by atoms with E-state index in [1.54, 1.807) is 18.1 Å². The molecule has 1 fully saturated rings. The van der Waals surface area contributed by atoms with Crippen LogP contribution in [0.5, 0.6) is 5.75 Å². The molecule has 0 saturated carbocycles. The third kappa shape index (κ3) is 3.81. The molecular weight excluding hydrogens is 470 g/mol. The highest BCUT2D eigenvalue weighted by Crippen LogP contribution is 2.39. The smallest absolute Gasteiger partial charge is 0.245 e. The Morgan fingerprint density at radius 1 is 1.03 bits per heavy atom. The average Bonchev–Trinajstić information content (AvgIpc) is 3.17. The zero-order valence-electron chi connectivity index (χ0n) is 17.0. The van der Waals surface area contributed by atoms with Crippen molar-refractivity contribution in [3.63, 3.8) is 0 Å². The van der Waals surface area contributed by atoms with Gasteiger partial charge in [-0.25, -0.2) is 8.42 Å². The number of amides is 1. The van der Waals surface area contributed by atoms with Crippen molar-refractivity contribution >= 4 is 43.2 Å². The Morgan fingerprint density at radius 2 is 1.70 bits per heavy atom. The van der Waals surface area contributed by atoms with Gasteiger partial charge in [-0.2, -0.15) is 4.31 Å². The second-order valence-corrected chi connectivity index (χ2v) is 10.2. The van der Waals surface area contributed by atoms with E-state index >= 15 is 0 Å². The van der Waals surface area contributed by atoms with Gasteiger partial charge in [0.15, 0.2) is 0 Å². The van der Waals surface area contributed by atoms with E-state index in [1.165, 1.54) is 11.2 Å². The molecule has 0 aromatic heterocycles. The zero-order valence-corrected chi connectivity index (χ0v) is 19.4. The minimum Gasteiger partial charge on any atom is -0.497 e. The monoisotopic (exact) mass is 493 g/mol. The number of ether oxygens (including phenoxy) is 1. The second kappa shape index (κ2) is 8.20. The Morgan fingerprint density at radius 3 is 2.30 bits per heavy atom. The van der Waals surface area contributed by atoms with Crippen LogP contribution in [0, 0.1) is 0 Å². The number of piperazine rings is 1. The number of fused-ring (bicyclic) bond motifs is 1. The van der Waals surface area contributed by atoms with Crippen LogP contribution >= 0.6 is 15.9 Å². The third-order valence-corrected chi connectivity index (χ3v) is 8.04. The number of sulfonamides is 1. The normalized spacial score (nSPS) is 17.2. The minimum atomic E-state index is -3.73. The highest BCUT2D eigenvalue weighted by atomic mass is 79.9. The van der Waals surface area contributed by atoms with E-state index in [4.69, 9.17) is 4.74 Å². The summed E-state index contributed by atoms with van der Waals surface area (Å²) in [5.74, 6) is 0.648. The van der Waals surface area contributed by atoms with Crippen molar-refractivity contribution < 1.29 is 17.9 Å². The Hall–Kier alpha value is -2.10. The van der Waals surface area contributed by atoms with Gasteiger partial charge >= 0.3 is 0 Å². The van der Waals surface area contributed by atoms with Crippen molar-refractivity contribution in [2.45, 2.75) is 18.2 Å². The van der Waals surface area contributed by atoms with Crippen LogP contribution in [-0.4, -0.2) is 58.5 Å². The zero-order chi connectivity index (χ0) is 21.5. The number of hydrogen-bond acceptors (Lipinski definition) is 5. The van der Waals surface area contributed by atoms with Gasteiger partial charge in [0.25, 0.3) is 0 Å². The van der Waals surface area contributed by atoms with Gasteiger partial charge in [0, 0.05) is 49.8 Å². The topological polar surface area (TPSA) is 70.2 Å². The molecule has 0 spiro atoms. The summed E-state index contributed by atoms with van der Waals surface area (Å²) < 4.78 is 34.5. The van der Waals surface area contributed by atoms with Crippen LogP contribution in [0.3, 0.4) is 0 Å². The molecule has 0 radical (unpaired) electrons. The average molecular weight is 494 g/mol. The molecule has 2 aromatic rings. The summed E-state index contributed by atoms with van der Waals surface area (Å²) in [7, 11) is -2.10. The molecule has 1 amide bonds. The van der Waals surface area contributed by atoms with Crippen LogP contribution in [0.15, 0.2) is 45.8 Å². The molecule has 7 nitrogen and oxygen atoms in total. The maximum atomic E-state index is 13.5. The van der Waals surface area contributed by atoms with Gasteiger partial charge in [-0.05, 0) is 48.4 Å². The molecule has 1 saturated heterocycles. The number of methoxy groups -OCH3 is 1. The standard InChI is InChI=1S/C21H24BrN3O4S/c1-15(26)25-8-7-16-13-17(22)14-20(21(16)25)30(27,28)24-11-9-23(10-12-24)18-3-5-19(29-2)6-4-18/h3-6,13-14H,7-12H2,1-2H3. The van der Waals surface area contributed by atoms with E-state index in [0.29, 0.717) is 49.3 Å². The summed E-state index contributed by atoms with van der Waals surface area (Å²) in [6, 6.07) is 11.3. The molecule has 0 atom stereocenters.